The van der Waals surface area contributed by atoms with Gasteiger partial charge in [-0.15, -0.1) is 0 Å². The van der Waals surface area contributed by atoms with Crippen molar-refractivity contribution in [1.82, 2.24) is 15.1 Å². The van der Waals surface area contributed by atoms with Gasteiger partial charge in [-0.2, -0.15) is 5.10 Å². The summed E-state index contributed by atoms with van der Waals surface area (Å²) >= 11 is 0. The molecule has 0 spiro atoms. The Bertz CT molecular complexity index is 466. The highest BCUT2D eigenvalue weighted by Crippen LogP contribution is 2.26. The number of nitrogens with one attached hydrogen (secondary N) is 2. The van der Waals surface area contributed by atoms with Crippen LogP contribution in [0.15, 0.2) is 0 Å². The van der Waals surface area contributed by atoms with Gasteiger partial charge in [-0.1, -0.05) is 0 Å². The molecule has 0 aromatic carbocycles. The van der Waals surface area contributed by atoms with Crippen LogP contribution in [-0.4, -0.2) is 33.2 Å². The fourth-order valence-corrected chi connectivity index (χ4v) is 1.60. The first-order valence-electron chi connectivity index (χ1n) is 5.54. The van der Waals surface area contributed by atoms with Crippen LogP contribution in [-0.2, 0) is 11.8 Å². The normalized spacial score (nSPS) is 10.5. The molecule has 8 nitrogen and oxygen atoms in total. The van der Waals surface area contributed by atoms with Gasteiger partial charge < -0.3 is 10.6 Å². The highest BCUT2D eigenvalue weighted by atomic mass is 16.6. The number of carbonyl (C=O) groups excluding carboxylic acids is 1. The van der Waals surface area contributed by atoms with Gasteiger partial charge in [0.05, 0.1) is 11.5 Å². The molecule has 0 saturated heterocycles. The van der Waals surface area contributed by atoms with E-state index in [9.17, 15) is 14.9 Å². The first kappa shape index (κ1) is 13.9. The molecule has 0 unspecified atom stereocenters. The number of amides is 1. The van der Waals surface area contributed by atoms with Gasteiger partial charge in [-0.25, -0.2) is 4.68 Å². The Hall–Kier alpha value is -2.12. The Balaban J connectivity index is 2.79. The molecule has 0 saturated carbocycles. The van der Waals surface area contributed by atoms with Crippen molar-refractivity contribution in [2.24, 2.45) is 7.05 Å². The van der Waals surface area contributed by atoms with Crippen molar-refractivity contribution < 1.29 is 9.72 Å². The lowest BCUT2D eigenvalue weighted by atomic mass is 10.3. The molecule has 0 radical (unpaired) electrons. The summed E-state index contributed by atoms with van der Waals surface area (Å²) < 4.78 is 1.36. The van der Waals surface area contributed by atoms with Gasteiger partial charge in [0.1, 0.15) is 5.69 Å². The second-order valence-electron chi connectivity index (χ2n) is 4.24. The van der Waals surface area contributed by atoms with Gasteiger partial charge in [0.2, 0.25) is 11.7 Å². The second-order valence-corrected chi connectivity index (χ2v) is 4.24. The van der Waals surface area contributed by atoms with E-state index in [0.29, 0.717) is 5.69 Å². The monoisotopic (exact) mass is 255 g/mol. The molecule has 0 fully saturated rings. The van der Waals surface area contributed by atoms with E-state index in [1.54, 1.807) is 14.0 Å². The lowest BCUT2D eigenvalue weighted by Gasteiger charge is -2.09. The summed E-state index contributed by atoms with van der Waals surface area (Å²) in [6.45, 7) is 5.21. The summed E-state index contributed by atoms with van der Waals surface area (Å²) in [6.07, 6.45) is 0. The van der Waals surface area contributed by atoms with Crippen molar-refractivity contribution >= 4 is 17.4 Å². The van der Waals surface area contributed by atoms with Crippen LogP contribution in [0.2, 0.25) is 0 Å². The summed E-state index contributed by atoms with van der Waals surface area (Å²) in [5.74, 6) is 0.00885. The van der Waals surface area contributed by atoms with Crippen molar-refractivity contribution in [3.05, 3.63) is 15.8 Å². The summed E-state index contributed by atoms with van der Waals surface area (Å²) in [4.78, 5) is 21.8. The van der Waals surface area contributed by atoms with E-state index in [-0.39, 0.29) is 30.0 Å². The maximum Gasteiger partial charge on any atom is 0.333 e. The number of nitro groups is 1. The third kappa shape index (κ3) is 3.19. The van der Waals surface area contributed by atoms with E-state index in [0.717, 1.165) is 0 Å². The highest BCUT2D eigenvalue weighted by molar-refractivity contribution is 5.81. The van der Waals surface area contributed by atoms with Gasteiger partial charge in [-0.3, -0.25) is 14.9 Å². The molecule has 2 N–H and O–H groups in total. The average Bonchev–Trinajstić information content (AvgIpc) is 2.49. The molecule has 0 aliphatic rings. The number of aromatic nitrogens is 2. The number of carbonyl (C=O) groups is 1. The zero-order chi connectivity index (χ0) is 13.9. The predicted molar refractivity (Wildman–Crippen MR) is 66.4 cm³/mol. The van der Waals surface area contributed by atoms with Gasteiger partial charge in [-0.05, 0) is 20.8 Å². The van der Waals surface area contributed by atoms with Crippen LogP contribution in [0.1, 0.15) is 19.5 Å². The number of aryl methyl sites for hydroxylation is 2. The Labute approximate surface area is 105 Å². The van der Waals surface area contributed by atoms with Crippen molar-refractivity contribution in [1.29, 1.82) is 0 Å². The Morgan fingerprint density at radius 2 is 2.17 bits per heavy atom. The van der Waals surface area contributed by atoms with E-state index in [1.807, 2.05) is 13.8 Å². The van der Waals surface area contributed by atoms with Crippen LogP contribution in [0, 0.1) is 17.0 Å². The minimum absolute atomic E-state index is 0.0298. The highest BCUT2D eigenvalue weighted by Gasteiger charge is 2.24. The lowest BCUT2D eigenvalue weighted by molar-refractivity contribution is -0.384. The van der Waals surface area contributed by atoms with Gasteiger partial charge in [0.15, 0.2) is 0 Å². The molecule has 0 bridgehead atoms. The fraction of sp³-hybridized carbons (Fsp3) is 0.600. The molecule has 1 aromatic heterocycles. The molecule has 100 valence electrons. The molecule has 18 heavy (non-hydrogen) atoms. The summed E-state index contributed by atoms with van der Waals surface area (Å²) in [5, 5.41) is 20.3. The first-order chi connectivity index (χ1) is 8.32. The number of hydrogen-bond acceptors (Lipinski definition) is 5. The van der Waals surface area contributed by atoms with Crippen molar-refractivity contribution in [3.63, 3.8) is 0 Å². The van der Waals surface area contributed by atoms with Crippen LogP contribution < -0.4 is 10.6 Å². The molecule has 8 heteroatoms. The van der Waals surface area contributed by atoms with Crippen molar-refractivity contribution in [3.8, 4) is 0 Å². The van der Waals surface area contributed by atoms with Crippen molar-refractivity contribution in [2.45, 2.75) is 26.8 Å². The van der Waals surface area contributed by atoms with E-state index in [1.165, 1.54) is 4.68 Å². The second kappa shape index (κ2) is 5.48. The topological polar surface area (TPSA) is 102 Å². The SMILES string of the molecule is Cc1nn(C)c(NCC(=O)NC(C)C)c1[N+](=O)[O-]. The molecule has 1 heterocycles. The largest absolute Gasteiger partial charge is 0.355 e. The third-order valence-electron chi connectivity index (χ3n) is 2.24. The predicted octanol–water partition coefficient (Wildman–Crippen LogP) is 0.573. The quantitative estimate of drug-likeness (QED) is 0.591. The lowest BCUT2D eigenvalue weighted by Crippen LogP contribution is -2.35. The molecule has 0 aliphatic heterocycles. The molecule has 0 aliphatic carbocycles. The summed E-state index contributed by atoms with van der Waals surface area (Å²) in [7, 11) is 1.59. The molecule has 1 amide bonds. The van der Waals surface area contributed by atoms with Crippen molar-refractivity contribution in [2.75, 3.05) is 11.9 Å². The maximum absolute atomic E-state index is 11.5. The minimum Gasteiger partial charge on any atom is -0.355 e. The summed E-state index contributed by atoms with van der Waals surface area (Å²) in [5.41, 5.74) is 0.212. The van der Waals surface area contributed by atoms with E-state index >= 15 is 0 Å². The third-order valence-corrected chi connectivity index (χ3v) is 2.24. The van der Waals surface area contributed by atoms with Crippen LogP contribution in [0.5, 0.6) is 0 Å². The van der Waals surface area contributed by atoms with Crippen LogP contribution in [0.4, 0.5) is 11.5 Å². The van der Waals surface area contributed by atoms with E-state index in [4.69, 9.17) is 0 Å². The van der Waals surface area contributed by atoms with E-state index < -0.39 is 4.92 Å². The zero-order valence-corrected chi connectivity index (χ0v) is 10.9. The number of hydrogen-bond donors (Lipinski definition) is 2. The van der Waals surface area contributed by atoms with Crippen LogP contribution in [0.3, 0.4) is 0 Å². The number of rotatable bonds is 5. The molecule has 1 rings (SSSR count). The van der Waals surface area contributed by atoms with Gasteiger partial charge in [0, 0.05) is 13.1 Å². The maximum atomic E-state index is 11.5. The molecule has 1 aromatic rings. The smallest absolute Gasteiger partial charge is 0.333 e. The Morgan fingerprint density at radius 1 is 1.56 bits per heavy atom. The van der Waals surface area contributed by atoms with Gasteiger partial charge in [0.25, 0.3) is 0 Å². The molecular formula is C10H17N5O3. The minimum atomic E-state index is -0.509. The summed E-state index contributed by atoms with van der Waals surface area (Å²) in [6, 6.07) is 0.0301. The molecular weight excluding hydrogens is 238 g/mol. The average molecular weight is 255 g/mol. The van der Waals surface area contributed by atoms with Crippen LogP contribution in [0.25, 0.3) is 0 Å². The van der Waals surface area contributed by atoms with Crippen LogP contribution >= 0.6 is 0 Å². The van der Waals surface area contributed by atoms with Gasteiger partial charge >= 0.3 is 5.69 Å². The number of anilines is 1. The zero-order valence-electron chi connectivity index (χ0n) is 10.9. The fourth-order valence-electron chi connectivity index (χ4n) is 1.60. The standard InChI is InChI=1S/C10H17N5O3/c1-6(2)12-8(16)5-11-10-9(15(17)18)7(3)13-14(10)4/h6,11H,5H2,1-4H3,(H,12,16). The first-order valence-corrected chi connectivity index (χ1v) is 5.54. The number of nitrogens with zero attached hydrogens (tertiary/aromatic N) is 3. The Kier molecular flexibility index (Phi) is 4.24. The Morgan fingerprint density at radius 3 is 2.67 bits per heavy atom. The van der Waals surface area contributed by atoms with E-state index in [2.05, 4.69) is 15.7 Å². The molecule has 0 atom stereocenters.